The first-order chi connectivity index (χ1) is 28.8. The van der Waals surface area contributed by atoms with Crippen LogP contribution in [0.2, 0.25) is 0 Å². The molecule has 6 nitrogen and oxygen atoms in total. The topological polar surface area (TPSA) is 78.9 Å². The number of ether oxygens (including phenoxy) is 3. The van der Waals surface area contributed by atoms with Gasteiger partial charge in [-0.1, -0.05) is 253 Å². The molecule has 0 aromatic rings. The van der Waals surface area contributed by atoms with Crippen molar-refractivity contribution in [2.75, 3.05) is 13.2 Å². The number of hydrogen-bond acceptors (Lipinski definition) is 6. The molecule has 0 N–H and O–H groups in total. The number of carbonyl (C=O) groups excluding carboxylic acids is 3. The Labute approximate surface area is 368 Å². The molecule has 0 saturated heterocycles. The molecule has 2 unspecified atom stereocenters. The van der Waals surface area contributed by atoms with Crippen LogP contribution in [0.4, 0.5) is 0 Å². The normalized spacial score (nSPS) is 13.0. The van der Waals surface area contributed by atoms with Crippen LogP contribution in [0.3, 0.4) is 0 Å². The van der Waals surface area contributed by atoms with E-state index in [0.717, 1.165) is 69.6 Å². The number of carbonyl (C=O) groups is 3. The first kappa shape index (κ1) is 57.4. The molecule has 0 aliphatic heterocycles. The molecular weight excluding hydrogens is 733 g/mol. The van der Waals surface area contributed by atoms with E-state index in [-0.39, 0.29) is 31.1 Å². The van der Waals surface area contributed by atoms with Gasteiger partial charge in [0.05, 0.1) is 0 Å². The molecule has 6 heteroatoms. The van der Waals surface area contributed by atoms with Crippen molar-refractivity contribution in [3.05, 3.63) is 0 Å². The quantitative estimate of drug-likeness (QED) is 0.0345. The molecule has 0 aliphatic rings. The summed E-state index contributed by atoms with van der Waals surface area (Å²) < 4.78 is 16.8. The molecule has 0 aromatic heterocycles. The number of hydrogen-bond donors (Lipinski definition) is 0. The van der Waals surface area contributed by atoms with E-state index in [9.17, 15) is 14.4 Å². The van der Waals surface area contributed by atoms with Crippen LogP contribution in [-0.2, 0) is 28.6 Å². The fraction of sp³-hybridized carbons (Fsp3) is 0.943. The maximum Gasteiger partial charge on any atom is 0.306 e. The lowest BCUT2D eigenvalue weighted by Crippen LogP contribution is -2.30. The van der Waals surface area contributed by atoms with Crippen LogP contribution in [-0.4, -0.2) is 37.2 Å². The number of unbranched alkanes of at least 4 members (excludes halogenated alkanes) is 30. The Morgan fingerprint density at radius 1 is 0.339 bits per heavy atom. The highest BCUT2D eigenvalue weighted by Gasteiger charge is 2.19. The highest BCUT2D eigenvalue weighted by atomic mass is 16.6. The minimum Gasteiger partial charge on any atom is -0.462 e. The maximum atomic E-state index is 12.7. The van der Waals surface area contributed by atoms with Gasteiger partial charge < -0.3 is 14.2 Å². The van der Waals surface area contributed by atoms with Crippen LogP contribution in [0.15, 0.2) is 0 Å². The predicted octanol–water partition coefficient (Wildman–Crippen LogP) is 16.9. The van der Waals surface area contributed by atoms with Gasteiger partial charge in [0.2, 0.25) is 0 Å². The Kier molecular flexibility index (Phi) is 44.7. The third kappa shape index (κ3) is 44.3. The summed E-state index contributed by atoms with van der Waals surface area (Å²) in [6, 6.07) is 0. The van der Waals surface area contributed by atoms with Gasteiger partial charge in [-0.25, -0.2) is 0 Å². The van der Waals surface area contributed by atoms with Gasteiger partial charge in [-0.2, -0.15) is 0 Å². The van der Waals surface area contributed by atoms with E-state index in [4.69, 9.17) is 14.2 Å². The van der Waals surface area contributed by atoms with Gasteiger partial charge in [0.15, 0.2) is 6.10 Å². The van der Waals surface area contributed by atoms with Crippen molar-refractivity contribution in [1.29, 1.82) is 0 Å². The van der Waals surface area contributed by atoms with Gasteiger partial charge >= 0.3 is 17.9 Å². The largest absolute Gasteiger partial charge is 0.462 e. The third-order valence-corrected chi connectivity index (χ3v) is 12.7. The molecule has 0 aliphatic carbocycles. The second-order valence-corrected chi connectivity index (χ2v) is 18.6. The fourth-order valence-corrected chi connectivity index (χ4v) is 7.93. The summed E-state index contributed by atoms with van der Waals surface area (Å²) in [5, 5.41) is 0. The Bertz CT molecular complexity index is 904. The molecule has 0 aromatic carbocycles. The van der Waals surface area contributed by atoms with E-state index in [0.29, 0.717) is 19.3 Å². The van der Waals surface area contributed by atoms with Crippen molar-refractivity contribution >= 4 is 17.9 Å². The van der Waals surface area contributed by atoms with Gasteiger partial charge in [-0.3, -0.25) is 14.4 Å². The zero-order valence-corrected chi connectivity index (χ0v) is 40.4. The van der Waals surface area contributed by atoms with Crippen LogP contribution in [0.1, 0.15) is 291 Å². The summed E-state index contributed by atoms with van der Waals surface area (Å²) in [5.41, 5.74) is 0. The highest BCUT2D eigenvalue weighted by molar-refractivity contribution is 5.71. The minimum atomic E-state index is -0.761. The average molecular weight is 835 g/mol. The van der Waals surface area contributed by atoms with Crippen molar-refractivity contribution in [3.8, 4) is 0 Å². The molecule has 350 valence electrons. The molecule has 59 heavy (non-hydrogen) atoms. The Morgan fingerprint density at radius 2 is 0.593 bits per heavy atom. The zero-order chi connectivity index (χ0) is 43.3. The summed E-state index contributed by atoms with van der Waals surface area (Å²) >= 11 is 0. The highest BCUT2D eigenvalue weighted by Crippen LogP contribution is 2.18. The summed E-state index contributed by atoms with van der Waals surface area (Å²) in [6.45, 7) is 11.4. The van der Waals surface area contributed by atoms with E-state index >= 15 is 0 Å². The molecule has 0 rings (SSSR count). The number of esters is 3. The second-order valence-electron chi connectivity index (χ2n) is 18.6. The molecular formula is C53H102O6. The monoisotopic (exact) mass is 835 g/mol. The van der Waals surface area contributed by atoms with Crippen molar-refractivity contribution in [3.63, 3.8) is 0 Å². The molecule has 3 atom stereocenters. The predicted molar refractivity (Wildman–Crippen MR) is 252 cm³/mol. The van der Waals surface area contributed by atoms with Gasteiger partial charge in [0, 0.05) is 19.3 Å². The molecule has 0 spiro atoms. The Balaban J connectivity index is 4.14. The third-order valence-electron chi connectivity index (χ3n) is 12.7. The van der Waals surface area contributed by atoms with Crippen LogP contribution in [0.5, 0.6) is 0 Å². The standard InChI is InChI=1S/C53H102O6/c1-6-9-10-11-12-23-27-33-38-43-51(54)57-46-50(59-53(56)45-40-35-30-29-32-37-42-49(5)8-3)47-58-52(55)44-39-34-28-25-22-20-18-16-14-13-15-17-19-21-24-26-31-36-41-48(4)7-2/h48-50H,6-47H2,1-5H3/t48?,49?,50-/m0/s1. The lowest BCUT2D eigenvalue weighted by Gasteiger charge is -2.18. The van der Waals surface area contributed by atoms with Crippen LogP contribution in [0, 0.1) is 11.8 Å². The van der Waals surface area contributed by atoms with Crippen LogP contribution < -0.4 is 0 Å². The van der Waals surface area contributed by atoms with Crippen molar-refractivity contribution in [1.82, 2.24) is 0 Å². The van der Waals surface area contributed by atoms with E-state index in [1.807, 2.05) is 0 Å². The minimum absolute atomic E-state index is 0.0647. The zero-order valence-electron chi connectivity index (χ0n) is 40.4. The van der Waals surface area contributed by atoms with E-state index in [1.54, 1.807) is 0 Å². The molecule has 0 saturated carbocycles. The van der Waals surface area contributed by atoms with Gasteiger partial charge in [-0.15, -0.1) is 0 Å². The molecule has 0 amide bonds. The van der Waals surface area contributed by atoms with Crippen molar-refractivity contribution < 1.29 is 28.6 Å². The van der Waals surface area contributed by atoms with Crippen LogP contribution >= 0.6 is 0 Å². The molecule has 0 heterocycles. The first-order valence-electron chi connectivity index (χ1n) is 26.3. The summed E-state index contributed by atoms with van der Waals surface area (Å²) in [7, 11) is 0. The summed E-state index contributed by atoms with van der Waals surface area (Å²) in [4.78, 5) is 37.8. The second kappa shape index (κ2) is 45.9. The van der Waals surface area contributed by atoms with E-state index in [1.165, 1.54) is 180 Å². The Hall–Kier alpha value is -1.59. The maximum absolute atomic E-state index is 12.7. The first-order valence-corrected chi connectivity index (χ1v) is 26.3. The van der Waals surface area contributed by atoms with Gasteiger partial charge in [-0.05, 0) is 31.1 Å². The van der Waals surface area contributed by atoms with Gasteiger partial charge in [0.25, 0.3) is 0 Å². The SMILES string of the molecule is CCCCCCCCCCCC(=O)OC[C@@H](COC(=O)CCCCCCCCCCCCCCCCCCCCC(C)CC)OC(=O)CCCCCCCCC(C)CC. The lowest BCUT2D eigenvalue weighted by molar-refractivity contribution is -0.167. The fourth-order valence-electron chi connectivity index (χ4n) is 7.93. The molecule has 0 fully saturated rings. The summed E-state index contributed by atoms with van der Waals surface area (Å²) in [5.74, 6) is 0.865. The average Bonchev–Trinajstić information content (AvgIpc) is 3.23. The van der Waals surface area contributed by atoms with E-state index < -0.39 is 6.10 Å². The lowest BCUT2D eigenvalue weighted by atomic mass is 9.99. The van der Waals surface area contributed by atoms with Gasteiger partial charge in [0.1, 0.15) is 13.2 Å². The summed E-state index contributed by atoms with van der Waals surface area (Å²) in [6.07, 6.45) is 46.7. The molecule has 0 radical (unpaired) electrons. The Morgan fingerprint density at radius 3 is 0.881 bits per heavy atom. The van der Waals surface area contributed by atoms with Crippen molar-refractivity contribution in [2.45, 2.75) is 298 Å². The number of rotatable bonds is 47. The smallest absolute Gasteiger partial charge is 0.306 e. The van der Waals surface area contributed by atoms with Crippen LogP contribution in [0.25, 0.3) is 0 Å². The molecule has 0 bridgehead atoms. The van der Waals surface area contributed by atoms with E-state index in [2.05, 4.69) is 34.6 Å². The van der Waals surface area contributed by atoms with Crippen molar-refractivity contribution in [2.24, 2.45) is 11.8 Å².